The summed E-state index contributed by atoms with van der Waals surface area (Å²) in [5, 5.41) is 2.89. The maximum atomic E-state index is 13.3. The summed E-state index contributed by atoms with van der Waals surface area (Å²) in [5.41, 5.74) is 0.835. The van der Waals surface area contributed by atoms with Gasteiger partial charge in [0.15, 0.2) is 0 Å². The molecular formula is C12H10F5N3. The minimum Gasteiger partial charge on any atom is -0.373 e. The molecule has 20 heavy (non-hydrogen) atoms. The van der Waals surface area contributed by atoms with E-state index in [1.54, 1.807) is 19.1 Å². The molecule has 0 aliphatic rings. The predicted octanol–water partition coefficient (Wildman–Crippen LogP) is 3.63. The Labute approximate surface area is 110 Å². The fourth-order valence-electron chi connectivity index (χ4n) is 1.70. The SMILES string of the molecule is CNc1nc(C(F)(F)C(F)(F)F)nc2ccc(C)cc12. The van der Waals surface area contributed by atoms with Gasteiger partial charge in [-0.2, -0.15) is 22.0 Å². The van der Waals surface area contributed by atoms with E-state index in [0.29, 0.717) is 5.39 Å². The van der Waals surface area contributed by atoms with Gasteiger partial charge in [0.25, 0.3) is 0 Å². The fourth-order valence-corrected chi connectivity index (χ4v) is 1.70. The van der Waals surface area contributed by atoms with Crippen molar-refractivity contribution in [2.45, 2.75) is 19.0 Å². The molecule has 0 atom stereocenters. The van der Waals surface area contributed by atoms with Crippen LogP contribution in [0.15, 0.2) is 18.2 Å². The summed E-state index contributed by atoms with van der Waals surface area (Å²) in [5.74, 6) is -6.74. The van der Waals surface area contributed by atoms with Crippen LogP contribution in [0.4, 0.5) is 27.8 Å². The van der Waals surface area contributed by atoms with E-state index in [-0.39, 0.29) is 11.3 Å². The first kappa shape index (κ1) is 14.4. The van der Waals surface area contributed by atoms with Crippen LogP contribution in [0.1, 0.15) is 11.4 Å². The van der Waals surface area contributed by atoms with Gasteiger partial charge in [-0.3, -0.25) is 0 Å². The highest BCUT2D eigenvalue weighted by atomic mass is 19.4. The van der Waals surface area contributed by atoms with Gasteiger partial charge >= 0.3 is 12.1 Å². The fraction of sp³-hybridized carbons (Fsp3) is 0.333. The summed E-state index contributed by atoms with van der Waals surface area (Å²) < 4.78 is 63.7. The molecule has 1 aromatic heterocycles. The van der Waals surface area contributed by atoms with Crippen LogP contribution in [-0.4, -0.2) is 23.2 Å². The average molecular weight is 291 g/mol. The minimum atomic E-state index is -5.74. The van der Waals surface area contributed by atoms with Crippen LogP contribution in [0.5, 0.6) is 0 Å². The zero-order chi connectivity index (χ0) is 15.1. The molecule has 1 N–H and O–H groups in total. The van der Waals surface area contributed by atoms with Crippen molar-refractivity contribution in [3.05, 3.63) is 29.6 Å². The Morgan fingerprint density at radius 2 is 1.70 bits per heavy atom. The second-order valence-electron chi connectivity index (χ2n) is 4.24. The molecule has 3 nitrogen and oxygen atoms in total. The smallest absolute Gasteiger partial charge is 0.373 e. The summed E-state index contributed by atoms with van der Waals surface area (Å²) in [4.78, 5) is 6.65. The zero-order valence-electron chi connectivity index (χ0n) is 10.5. The number of alkyl halides is 5. The number of aromatic nitrogens is 2. The van der Waals surface area contributed by atoms with Gasteiger partial charge < -0.3 is 5.32 Å². The maximum absolute atomic E-state index is 13.3. The lowest BCUT2D eigenvalue weighted by Gasteiger charge is -2.19. The van der Waals surface area contributed by atoms with Crippen molar-refractivity contribution in [2.24, 2.45) is 0 Å². The van der Waals surface area contributed by atoms with Crippen molar-refractivity contribution < 1.29 is 22.0 Å². The molecule has 0 aliphatic heterocycles. The molecule has 0 spiro atoms. The maximum Gasteiger partial charge on any atom is 0.461 e. The van der Waals surface area contributed by atoms with Crippen LogP contribution in [0.2, 0.25) is 0 Å². The van der Waals surface area contributed by atoms with Gasteiger partial charge in [0.2, 0.25) is 5.82 Å². The molecule has 0 aliphatic carbocycles. The molecule has 2 rings (SSSR count). The normalized spacial score (nSPS) is 12.8. The van der Waals surface area contributed by atoms with Crippen molar-refractivity contribution in [1.29, 1.82) is 0 Å². The molecule has 0 saturated heterocycles. The Morgan fingerprint density at radius 1 is 1.05 bits per heavy atom. The van der Waals surface area contributed by atoms with Gasteiger partial charge in [0.1, 0.15) is 5.82 Å². The third-order valence-corrected chi connectivity index (χ3v) is 2.72. The number of halogens is 5. The van der Waals surface area contributed by atoms with Crippen LogP contribution >= 0.6 is 0 Å². The molecule has 108 valence electrons. The summed E-state index contributed by atoms with van der Waals surface area (Å²) in [6, 6.07) is 4.56. The van der Waals surface area contributed by atoms with Crippen LogP contribution in [-0.2, 0) is 5.92 Å². The molecule has 0 unspecified atom stereocenters. The first-order valence-electron chi connectivity index (χ1n) is 5.58. The Morgan fingerprint density at radius 3 is 2.25 bits per heavy atom. The Bertz CT molecular complexity index is 651. The van der Waals surface area contributed by atoms with Gasteiger partial charge in [0.05, 0.1) is 5.52 Å². The molecular weight excluding hydrogens is 281 g/mol. The first-order chi connectivity index (χ1) is 9.16. The van der Waals surface area contributed by atoms with E-state index in [9.17, 15) is 22.0 Å². The van der Waals surface area contributed by atoms with Crippen LogP contribution in [0.25, 0.3) is 10.9 Å². The number of anilines is 1. The van der Waals surface area contributed by atoms with Gasteiger partial charge in [-0.05, 0) is 19.1 Å². The van der Waals surface area contributed by atoms with E-state index >= 15 is 0 Å². The average Bonchev–Trinajstić information content (AvgIpc) is 2.36. The Kier molecular flexibility index (Phi) is 3.27. The number of fused-ring (bicyclic) bond motifs is 1. The molecule has 0 radical (unpaired) electrons. The molecule has 0 fully saturated rings. The number of hydrogen-bond donors (Lipinski definition) is 1. The van der Waals surface area contributed by atoms with Crippen molar-refractivity contribution in [2.75, 3.05) is 12.4 Å². The zero-order valence-corrected chi connectivity index (χ0v) is 10.5. The predicted molar refractivity (Wildman–Crippen MR) is 63.8 cm³/mol. The third-order valence-electron chi connectivity index (χ3n) is 2.72. The number of rotatable bonds is 2. The lowest BCUT2D eigenvalue weighted by molar-refractivity contribution is -0.292. The van der Waals surface area contributed by atoms with E-state index in [0.717, 1.165) is 5.56 Å². The van der Waals surface area contributed by atoms with Crippen LogP contribution < -0.4 is 5.32 Å². The standard InChI is InChI=1S/C12H10F5N3/c1-6-3-4-8-7(5-6)9(18-2)20-10(19-8)11(13,14)12(15,16)17/h3-5H,1-2H3,(H,18,19,20). The summed E-state index contributed by atoms with van der Waals surface area (Å²) in [6.45, 7) is 1.76. The van der Waals surface area contributed by atoms with Crippen molar-refractivity contribution >= 4 is 16.7 Å². The summed E-state index contributed by atoms with van der Waals surface area (Å²) >= 11 is 0. The Hall–Kier alpha value is -1.99. The van der Waals surface area contributed by atoms with E-state index in [1.165, 1.54) is 13.1 Å². The van der Waals surface area contributed by atoms with Crippen molar-refractivity contribution in [3.63, 3.8) is 0 Å². The number of nitrogens with one attached hydrogen (secondary N) is 1. The van der Waals surface area contributed by atoms with Gasteiger partial charge in [-0.1, -0.05) is 11.6 Å². The highest BCUT2D eigenvalue weighted by molar-refractivity contribution is 5.89. The van der Waals surface area contributed by atoms with Crippen LogP contribution in [0, 0.1) is 6.92 Å². The van der Waals surface area contributed by atoms with E-state index in [2.05, 4.69) is 15.3 Å². The van der Waals surface area contributed by atoms with Gasteiger partial charge in [-0.15, -0.1) is 0 Å². The third kappa shape index (κ3) is 2.25. The second-order valence-corrected chi connectivity index (χ2v) is 4.24. The monoisotopic (exact) mass is 291 g/mol. The largest absolute Gasteiger partial charge is 0.461 e. The lowest BCUT2D eigenvalue weighted by Crippen LogP contribution is -2.35. The van der Waals surface area contributed by atoms with Gasteiger partial charge in [-0.25, -0.2) is 9.97 Å². The molecule has 1 heterocycles. The number of benzene rings is 1. The molecule has 8 heteroatoms. The van der Waals surface area contributed by atoms with E-state index < -0.39 is 17.9 Å². The second kappa shape index (κ2) is 4.53. The number of aryl methyl sites for hydroxylation is 1. The lowest BCUT2D eigenvalue weighted by atomic mass is 10.1. The number of hydrogen-bond acceptors (Lipinski definition) is 3. The first-order valence-corrected chi connectivity index (χ1v) is 5.58. The Balaban J connectivity index is 2.72. The van der Waals surface area contributed by atoms with Gasteiger partial charge in [0, 0.05) is 12.4 Å². The molecule has 0 bridgehead atoms. The minimum absolute atomic E-state index is 0.0221. The molecule has 2 aromatic rings. The quantitative estimate of drug-likeness (QED) is 0.858. The summed E-state index contributed by atoms with van der Waals surface area (Å²) in [6.07, 6.45) is -5.74. The topological polar surface area (TPSA) is 37.8 Å². The van der Waals surface area contributed by atoms with E-state index in [4.69, 9.17) is 0 Å². The van der Waals surface area contributed by atoms with Crippen LogP contribution in [0.3, 0.4) is 0 Å². The molecule has 0 amide bonds. The highest BCUT2D eigenvalue weighted by Crippen LogP contribution is 2.43. The molecule has 0 saturated carbocycles. The van der Waals surface area contributed by atoms with Crippen molar-refractivity contribution in [3.8, 4) is 0 Å². The highest BCUT2D eigenvalue weighted by Gasteiger charge is 2.61. The number of nitrogens with zero attached hydrogens (tertiary/aromatic N) is 2. The molecule has 1 aromatic carbocycles. The summed E-state index contributed by atoms with van der Waals surface area (Å²) in [7, 11) is 1.39. The van der Waals surface area contributed by atoms with Crippen molar-refractivity contribution in [1.82, 2.24) is 9.97 Å². The van der Waals surface area contributed by atoms with E-state index in [1.807, 2.05) is 0 Å².